The highest BCUT2D eigenvalue weighted by Crippen LogP contribution is 2.32. The maximum Gasteiger partial charge on any atom is 0.233 e. The van der Waals surface area contributed by atoms with Gasteiger partial charge in [-0.3, -0.25) is 9.59 Å². The van der Waals surface area contributed by atoms with E-state index in [1.807, 2.05) is 0 Å². The fourth-order valence-corrected chi connectivity index (χ4v) is 2.34. The fourth-order valence-electron chi connectivity index (χ4n) is 2.34. The van der Waals surface area contributed by atoms with E-state index in [4.69, 9.17) is 9.47 Å². The number of rotatable bonds is 5. The number of carbonyl (C=O) groups excluding carboxylic acids is 2. The van der Waals surface area contributed by atoms with E-state index in [-0.39, 0.29) is 18.8 Å². The summed E-state index contributed by atoms with van der Waals surface area (Å²) in [4.78, 5) is 23.8. The SMILES string of the molecule is O=C(CC(=O)Nc1ccc2c(c1)OCCO2)NCc1ccc(F)cc1. The number of hydrogen-bond donors (Lipinski definition) is 2. The van der Waals surface area contributed by atoms with Gasteiger partial charge in [0, 0.05) is 18.3 Å². The predicted molar refractivity (Wildman–Crippen MR) is 88.9 cm³/mol. The number of amides is 2. The molecule has 0 radical (unpaired) electrons. The Bertz CT molecular complexity index is 777. The van der Waals surface area contributed by atoms with Gasteiger partial charge in [0.15, 0.2) is 11.5 Å². The van der Waals surface area contributed by atoms with Gasteiger partial charge in [0.05, 0.1) is 0 Å². The van der Waals surface area contributed by atoms with E-state index >= 15 is 0 Å². The van der Waals surface area contributed by atoms with Gasteiger partial charge in [-0.05, 0) is 29.8 Å². The van der Waals surface area contributed by atoms with E-state index in [0.717, 1.165) is 5.56 Å². The molecule has 0 saturated carbocycles. The van der Waals surface area contributed by atoms with Crippen LogP contribution in [0, 0.1) is 5.82 Å². The van der Waals surface area contributed by atoms with E-state index < -0.39 is 11.8 Å². The molecule has 6 nitrogen and oxygen atoms in total. The lowest BCUT2D eigenvalue weighted by Gasteiger charge is -2.19. The van der Waals surface area contributed by atoms with Crippen LogP contribution in [0.15, 0.2) is 42.5 Å². The summed E-state index contributed by atoms with van der Waals surface area (Å²) in [6.07, 6.45) is -0.310. The quantitative estimate of drug-likeness (QED) is 0.816. The summed E-state index contributed by atoms with van der Waals surface area (Å²) < 4.78 is 23.7. The van der Waals surface area contributed by atoms with E-state index in [0.29, 0.717) is 30.4 Å². The highest BCUT2D eigenvalue weighted by molar-refractivity contribution is 6.03. The molecule has 2 aromatic carbocycles. The van der Waals surface area contributed by atoms with Crippen LogP contribution in [0.4, 0.5) is 10.1 Å². The molecule has 0 spiro atoms. The summed E-state index contributed by atoms with van der Waals surface area (Å²) in [6.45, 7) is 1.18. The first-order valence-electron chi connectivity index (χ1n) is 7.81. The Labute approximate surface area is 143 Å². The third-order valence-corrected chi connectivity index (χ3v) is 3.55. The first-order chi connectivity index (χ1) is 12.1. The number of ether oxygens (including phenoxy) is 2. The molecule has 2 amide bonds. The summed E-state index contributed by atoms with van der Waals surface area (Å²) >= 11 is 0. The van der Waals surface area contributed by atoms with E-state index in [1.165, 1.54) is 12.1 Å². The number of hydrogen-bond acceptors (Lipinski definition) is 4. The number of halogens is 1. The molecule has 25 heavy (non-hydrogen) atoms. The topological polar surface area (TPSA) is 76.7 Å². The van der Waals surface area contributed by atoms with E-state index in [9.17, 15) is 14.0 Å². The molecule has 0 atom stereocenters. The van der Waals surface area contributed by atoms with Gasteiger partial charge in [0.1, 0.15) is 25.5 Å². The van der Waals surface area contributed by atoms with E-state index in [2.05, 4.69) is 10.6 Å². The van der Waals surface area contributed by atoms with Crippen LogP contribution in [0.3, 0.4) is 0 Å². The van der Waals surface area contributed by atoms with Crippen molar-refractivity contribution in [2.24, 2.45) is 0 Å². The van der Waals surface area contributed by atoms with Crippen LogP contribution in [-0.2, 0) is 16.1 Å². The molecule has 2 N–H and O–H groups in total. The zero-order chi connectivity index (χ0) is 17.6. The molecule has 1 aliphatic heterocycles. The number of anilines is 1. The van der Waals surface area contributed by atoms with Crippen LogP contribution < -0.4 is 20.1 Å². The number of carbonyl (C=O) groups is 2. The molecular weight excluding hydrogens is 327 g/mol. The van der Waals surface area contributed by atoms with Crippen molar-refractivity contribution in [1.29, 1.82) is 0 Å². The van der Waals surface area contributed by atoms with Crippen LogP contribution >= 0.6 is 0 Å². The van der Waals surface area contributed by atoms with E-state index in [1.54, 1.807) is 30.3 Å². The van der Waals surface area contributed by atoms with Crippen LogP contribution in [0.25, 0.3) is 0 Å². The highest BCUT2D eigenvalue weighted by atomic mass is 19.1. The molecule has 0 fully saturated rings. The summed E-state index contributed by atoms with van der Waals surface area (Å²) in [5, 5.41) is 5.26. The zero-order valence-electron chi connectivity index (χ0n) is 13.4. The van der Waals surface area contributed by atoms with Crippen LogP contribution in [0.1, 0.15) is 12.0 Å². The Morgan fingerprint density at radius 1 is 0.960 bits per heavy atom. The molecular formula is C18H17FN2O4. The summed E-state index contributed by atoms with van der Waals surface area (Å²) in [7, 11) is 0. The van der Waals surface area contributed by atoms with Crippen LogP contribution in [0.5, 0.6) is 11.5 Å². The summed E-state index contributed by atoms with van der Waals surface area (Å²) in [5.74, 6) is -0.00682. The fraction of sp³-hybridized carbons (Fsp3) is 0.222. The third-order valence-electron chi connectivity index (χ3n) is 3.55. The van der Waals surface area contributed by atoms with Crippen molar-refractivity contribution in [1.82, 2.24) is 5.32 Å². The standard InChI is InChI=1S/C18H17FN2O4/c19-13-3-1-12(2-4-13)11-20-17(22)10-18(23)21-14-5-6-15-16(9-14)25-8-7-24-15/h1-6,9H,7-8,10-11H2,(H,20,22)(H,21,23). The second-order valence-electron chi connectivity index (χ2n) is 5.49. The summed E-state index contributed by atoms with van der Waals surface area (Å²) in [5.41, 5.74) is 1.28. The molecule has 1 aliphatic rings. The highest BCUT2D eigenvalue weighted by Gasteiger charge is 2.14. The van der Waals surface area contributed by atoms with Gasteiger partial charge in [0.2, 0.25) is 11.8 Å². The van der Waals surface area contributed by atoms with Crippen molar-refractivity contribution >= 4 is 17.5 Å². The Hall–Kier alpha value is -3.09. The number of benzene rings is 2. The van der Waals surface area contributed by atoms with Gasteiger partial charge in [-0.15, -0.1) is 0 Å². The molecule has 0 bridgehead atoms. The first-order valence-corrected chi connectivity index (χ1v) is 7.81. The minimum absolute atomic E-state index is 0.233. The monoisotopic (exact) mass is 344 g/mol. The summed E-state index contributed by atoms with van der Waals surface area (Å²) in [6, 6.07) is 10.8. The van der Waals surface area contributed by atoms with Crippen molar-refractivity contribution in [2.75, 3.05) is 18.5 Å². The van der Waals surface area contributed by atoms with Crippen LogP contribution in [-0.4, -0.2) is 25.0 Å². The van der Waals surface area contributed by atoms with Gasteiger partial charge in [0.25, 0.3) is 0 Å². The molecule has 0 aliphatic carbocycles. The molecule has 7 heteroatoms. The lowest BCUT2D eigenvalue weighted by Crippen LogP contribution is -2.27. The molecule has 0 aromatic heterocycles. The van der Waals surface area contributed by atoms with Crippen molar-refractivity contribution < 1.29 is 23.5 Å². The average molecular weight is 344 g/mol. The first kappa shape index (κ1) is 16.8. The van der Waals surface area contributed by atoms with Crippen molar-refractivity contribution in [2.45, 2.75) is 13.0 Å². The van der Waals surface area contributed by atoms with Crippen molar-refractivity contribution in [3.8, 4) is 11.5 Å². The van der Waals surface area contributed by atoms with Gasteiger partial charge in [-0.1, -0.05) is 12.1 Å². The molecule has 0 unspecified atom stereocenters. The van der Waals surface area contributed by atoms with Gasteiger partial charge < -0.3 is 20.1 Å². The normalized spacial score (nSPS) is 12.4. The second kappa shape index (κ2) is 7.65. The van der Waals surface area contributed by atoms with Crippen molar-refractivity contribution in [3.63, 3.8) is 0 Å². The Balaban J connectivity index is 1.48. The lowest BCUT2D eigenvalue weighted by atomic mass is 10.2. The number of fused-ring (bicyclic) bond motifs is 1. The minimum Gasteiger partial charge on any atom is -0.486 e. The van der Waals surface area contributed by atoms with Gasteiger partial charge in [-0.25, -0.2) is 4.39 Å². The Kier molecular flexibility index (Phi) is 5.13. The number of nitrogens with one attached hydrogen (secondary N) is 2. The maximum atomic E-state index is 12.8. The zero-order valence-corrected chi connectivity index (χ0v) is 13.4. The second-order valence-corrected chi connectivity index (χ2v) is 5.49. The molecule has 3 rings (SSSR count). The van der Waals surface area contributed by atoms with Crippen molar-refractivity contribution in [3.05, 3.63) is 53.8 Å². The molecule has 2 aromatic rings. The largest absolute Gasteiger partial charge is 0.486 e. The third kappa shape index (κ3) is 4.69. The predicted octanol–water partition coefficient (Wildman–Crippen LogP) is 2.24. The lowest BCUT2D eigenvalue weighted by molar-refractivity contribution is -0.126. The average Bonchev–Trinajstić information content (AvgIpc) is 2.61. The maximum absolute atomic E-state index is 12.8. The Morgan fingerprint density at radius 2 is 1.68 bits per heavy atom. The minimum atomic E-state index is -0.437. The molecule has 0 saturated heterocycles. The smallest absolute Gasteiger partial charge is 0.233 e. The van der Waals surface area contributed by atoms with Gasteiger partial charge >= 0.3 is 0 Å². The van der Waals surface area contributed by atoms with Gasteiger partial charge in [-0.2, -0.15) is 0 Å². The van der Waals surface area contributed by atoms with Crippen LogP contribution in [0.2, 0.25) is 0 Å². The molecule has 130 valence electrons. The Morgan fingerprint density at radius 3 is 2.44 bits per heavy atom. The molecule has 1 heterocycles.